The van der Waals surface area contributed by atoms with Gasteiger partial charge in [-0.15, -0.1) is 0 Å². The molecule has 4 nitrogen and oxygen atoms in total. The molecule has 0 spiro atoms. The lowest BCUT2D eigenvalue weighted by Gasteiger charge is -2.04. The smallest absolute Gasteiger partial charge is 0.130 e. The zero-order valence-electron chi connectivity index (χ0n) is 10.9. The molecular formula is C15H16N2O2. The van der Waals surface area contributed by atoms with E-state index in [1.807, 2.05) is 19.1 Å². The average molecular weight is 256 g/mol. The Bertz CT molecular complexity index is 594. The predicted octanol–water partition coefficient (Wildman–Crippen LogP) is 3.19. The Balaban J connectivity index is 2.10. The molecular weight excluding hydrogens is 240 g/mol. The first-order chi connectivity index (χ1) is 9.19. The number of ether oxygens (including phenoxy) is 1. The van der Waals surface area contributed by atoms with Crippen LogP contribution in [-0.4, -0.2) is 17.2 Å². The molecule has 0 aliphatic heterocycles. The fourth-order valence-corrected chi connectivity index (χ4v) is 1.63. The van der Waals surface area contributed by atoms with Crippen LogP contribution in [0.15, 0.2) is 42.7 Å². The van der Waals surface area contributed by atoms with Crippen molar-refractivity contribution in [3.63, 3.8) is 0 Å². The summed E-state index contributed by atoms with van der Waals surface area (Å²) in [5.74, 6) is 1.67. The summed E-state index contributed by atoms with van der Waals surface area (Å²) in [6.07, 6.45) is 5.24. The molecule has 0 bridgehead atoms. The molecule has 98 valence electrons. The molecule has 4 heteroatoms. The van der Waals surface area contributed by atoms with Crippen LogP contribution in [0, 0.1) is 6.92 Å². The van der Waals surface area contributed by atoms with Crippen molar-refractivity contribution in [2.75, 3.05) is 12.4 Å². The summed E-state index contributed by atoms with van der Waals surface area (Å²) in [7, 11) is 1.59. The molecule has 1 heterocycles. The van der Waals surface area contributed by atoms with E-state index < -0.39 is 0 Å². The van der Waals surface area contributed by atoms with Crippen LogP contribution in [0.2, 0.25) is 0 Å². The summed E-state index contributed by atoms with van der Waals surface area (Å²) in [6.45, 7) is 2.00. The van der Waals surface area contributed by atoms with Gasteiger partial charge in [0.15, 0.2) is 0 Å². The van der Waals surface area contributed by atoms with Crippen molar-refractivity contribution in [3.8, 4) is 11.5 Å². The van der Waals surface area contributed by atoms with Crippen LogP contribution in [0.3, 0.4) is 0 Å². The van der Waals surface area contributed by atoms with Crippen molar-refractivity contribution in [1.29, 1.82) is 0 Å². The number of phenols is 1. The normalized spacial score (nSPS) is 10.6. The lowest BCUT2D eigenvalue weighted by Crippen LogP contribution is -1.91. The number of anilines is 1. The van der Waals surface area contributed by atoms with Crippen LogP contribution >= 0.6 is 0 Å². The number of nitrogens with one attached hydrogen (secondary N) is 1. The lowest BCUT2D eigenvalue weighted by atomic mass is 10.2. The van der Waals surface area contributed by atoms with Crippen LogP contribution < -0.4 is 10.1 Å². The summed E-state index contributed by atoms with van der Waals surface area (Å²) in [5.41, 5.74) is 1.81. The van der Waals surface area contributed by atoms with Gasteiger partial charge in [0, 0.05) is 18.0 Å². The first kappa shape index (κ1) is 13.0. The number of hydrogen-bond donors (Lipinski definition) is 2. The maximum Gasteiger partial charge on any atom is 0.130 e. The minimum atomic E-state index is 0.205. The molecule has 19 heavy (non-hydrogen) atoms. The number of rotatable bonds is 4. The van der Waals surface area contributed by atoms with E-state index in [-0.39, 0.29) is 5.75 Å². The van der Waals surface area contributed by atoms with Crippen LogP contribution in [0.5, 0.6) is 11.5 Å². The summed E-state index contributed by atoms with van der Waals surface area (Å²) < 4.78 is 5.11. The molecule has 1 aromatic carbocycles. The maximum atomic E-state index is 9.72. The highest BCUT2D eigenvalue weighted by atomic mass is 16.5. The Morgan fingerprint density at radius 1 is 1.26 bits per heavy atom. The molecule has 0 aliphatic rings. The zero-order chi connectivity index (χ0) is 13.7. The number of phenolic OH excluding ortho intramolecular Hbond substituents is 1. The van der Waals surface area contributed by atoms with Gasteiger partial charge in [-0.2, -0.15) is 0 Å². The minimum absolute atomic E-state index is 0.205. The van der Waals surface area contributed by atoms with Crippen molar-refractivity contribution in [2.24, 2.45) is 0 Å². The van der Waals surface area contributed by atoms with Crippen molar-refractivity contribution >= 4 is 11.9 Å². The highest BCUT2D eigenvalue weighted by Crippen LogP contribution is 2.23. The monoisotopic (exact) mass is 256 g/mol. The van der Waals surface area contributed by atoms with E-state index in [0.717, 1.165) is 11.4 Å². The van der Waals surface area contributed by atoms with Gasteiger partial charge in [0.1, 0.15) is 17.3 Å². The van der Waals surface area contributed by atoms with Crippen LogP contribution in [-0.2, 0) is 0 Å². The third-order valence-electron chi connectivity index (χ3n) is 2.64. The van der Waals surface area contributed by atoms with E-state index in [1.54, 1.807) is 43.8 Å². The summed E-state index contributed by atoms with van der Waals surface area (Å²) in [6, 6.07) is 8.95. The van der Waals surface area contributed by atoms with Crippen molar-refractivity contribution in [2.45, 2.75) is 6.92 Å². The van der Waals surface area contributed by atoms with Gasteiger partial charge in [-0.1, -0.05) is 0 Å². The number of nitrogens with zero attached hydrogens (tertiary/aromatic N) is 1. The zero-order valence-corrected chi connectivity index (χ0v) is 10.9. The molecule has 0 fully saturated rings. The summed E-state index contributed by atoms with van der Waals surface area (Å²) in [5, 5.41) is 12.8. The lowest BCUT2D eigenvalue weighted by molar-refractivity contribution is 0.412. The van der Waals surface area contributed by atoms with Gasteiger partial charge in [-0.3, -0.25) is 0 Å². The quantitative estimate of drug-likeness (QED) is 0.882. The van der Waals surface area contributed by atoms with Crippen molar-refractivity contribution < 1.29 is 9.84 Å². The fourth-order valence-electron chi connectivity index (χ4n) is 1.63. The molecule has 2 N–H and O–H groups in total. The van der Waals surface area contributed by atoms with E-state index in [0.29, 0.717) is 11.3 Å². The number of benzene rings is 1. The standard InChI is InChI=1S/C15H16N2O2/c1-11-5-7-16-15(9-11)17-8-6-12-10-13(19-2)3-4-14(12)18/h3-10,18H,1-2H3,(H,16,17)/b8-6+. The molecule has 2 rings (SSSR count). The van der Waals surface area contributed by atoms with Crippen LogP contribution in [0.25, 0.3) is 6.08 Å². The summed E-state index contributed by atoms with van der Waals surface area (Å²) >= 11 is 0. The molecule has 2 aromatic rings. The maximum absolute atomic E-state index is 9.72. The Morgan fingerprint density at radius 2 is 2.11 bits per heavy atom. The third-order valence-corrected chi connectivity index (χ3v) is 2.64. The molecule has 0 atom stereocenters. The average Bonchev–Trinajstić information content (AvgIpc) is 2.41. The number of pyridine rings is 1. The van der Waals surface area contributed by atoms with Gasteiger partial charge < -0.3 is 15.2 Å². The third kappa shape index (κ3) is 3.48. The van der Waals surface area contributed by atoms with Gasteiger partial charge in [-0.25, -0.2) is 4.98 Å². The van der Waals surface area contributed by atoms with Gasteiger partial charge in [-0.05, 0) is 48.9 Å². The second-order valence-corrected chi connectivity index (χ2v) is 4.12. The van der Waals surface area contributed by atoms with Crippen LogP contribution in [0.1, 0.15) is 11.1 Å². The van der Waals surface area contributed by atoms with Gasteiger partial charge in [0.05, 0.1) is 7.11 Å². The molecule has 0 aliphatic carbocycles. The van der Waals surface area contributed by atoms with E-state index in [4.69, 9.17) is 4.74 Å². The van der Waals surface area contributed by atoms with Gasteiger partial charge in [0.2, 0.25) is 0 Å². The Hall–Kier alpha value is -2.49. The molecule has 0 amide bonds. The Labute approximate surface area is 112 Å². The Kier molecular flexibility index (Phi) is 4.03. The van der Waals surface area contributed by atoms with Crippen molar-refractivity contribution in [1.82, 2.24) is 4.98 Å². The van der Waals surface area contributed by atoms with Gasteiger partial charge >= 0.3 is 0 Å². The van der Waals surface area contributed by atoms with E-state index in [2.05, 4.69) is 10.3 Å². The highest BCUT2D eigenvalue weighted by Gasteiger charge is 1.99. The van der Waals surface area contributed by atoms with E-state index in [9.17, 15) is 5.11 Å². The predicted molar refractivity (Wildman–Crippen MR) is 76.3 cm³/mol. The van der Waals surface area contributed by atoms with Gasteiger partial charge in [0.25, 0.3) is 0 Å². The highest BCUT2D eigenvalue weighted by molar-refractivity contribution is 5.61. The molecule has 0 unspecified atom stereocenters. The summed E-state index contributed by atoms with van der Waals surface area (Å²) in [4.78, 5) is 4.18. The Morgan fingerprint density at radius 3 is 2.84 bits per heavy atom. The first-order valence-electron chi connectivity index (χ1n) is 5.92. The van der Waals surface area contributed by atoms with Crippen LogP contribution in [0.4, 0.5) is 5.82 Å². The van der Waals surface area contributed by atoms with E-state index in [1.165, 1.54) is 0 Å². The number of aryl methyl sites for hydroxylation is 1. The minimum Gasteiger partial charge on any atom is -0.507 e. The number of methoxy groups -OCH3 is 1. The molecule has 0 radical (unpaired) electrons. The topological polar surface area (TPSA) is 54.4 Å². The molecule has 1 aromatic heterocycles. The number of aromatic nitrogens is 1. The van der Waals surface area contributed by atoms with Crippen molar-refractivity contribution in [3.05, 3.63) is 53.9 Å². The SMILES string of the molecule is COc1ccc(O)c(/C=C/Nc2cc(C)ccn2)c1. The first-order valence-corrected chi connectivity index (χ1v) is 5.92. The molecule has 0 saturated heterocycles. The largest absolute Gasteiger partial charge is 0.507 e. The number of hydrogen-bond acceptors (Lipinski definition) is 4. The molecule has 0 saturated carbocycles. The van der Waals surface area contributed by atoms with E-state index >= 15 is 0 Å². The fraction of sp³-hybridized carbons (Fsp3) is 0.133. The second-order valence-electron chi connectivity index (χ2n) is 4.12. The second kappa shape index (κ2) is 5.91. The number of aromatic hydroxyl groups is 1.